The van der Waals surface area contributed by atoms with Gasteiger partial charge >= 0.3 is 0 Å². The summed E-state index contributed by atoms with van der Waals surface area (Å²) in [5, 5.41) is 8.16. The lowest BCUT2D eigenvalue weighted by molar-refractivity contribution is 0.563. The number of hydrogen-bond donors (Lipinski definition) is 0. The lowest BCUT2D eigenvalue weighted by Gasteiger charge is -2.21. The Morgan fingerprint density at radius 1 is 1.56 bits per heavy atom. The van der Waals surface area contributed by atoms with E-state index in [0.29, 0.717) is 0 Å². The van der Waals surface area contributed by atoms with E-state index >= 15 is 0 Å². The van der Waals surface area contributed by atoms with Crippen LogP contribution in [-0.4, -0.2) is 15.1 Å². The topological polar surface area (TPSA) is 46.8 Å². The molecule has 0 radical (unpaired) electrons. The van der Waals surface area contributed by atoms with Crippen LogP contribution in [0.4, 0.5) is 0 Å². The first kappa shape index (κ1) is 8.80. The van der Waals surface area contributed by atoms with E-state index < -0.39 is 11.2 Å². The molecule has 3 heteroatoms. The fraction of sp³-hybridized carbons (Fsp3) is 0.833. The van der Waals surface area contributed by atoms with Crippen LogP contribution in [0.2, 0.25) is 0 Å². The summed E-state index contributed by atoms with van der Waals surface area (Å²) in [4.78, 5) is 0. The Balaban J connectivity index is 3.76. The van der Waals surface area contributed by atoms with Crippen LogP contribution in [0.15, 0.2) is 0 Å². The van der Waals surface area contributed by atoms with Gasteiger partial charge in [0.05, 0.1) is 0 Å². The summed E-state index contributed by atoms with van der Waals surface area (Å²) in [6, 6.07) is 1.87. The second-order valence-electron chi connectivity index (χ2n) is 2.76. The quantitative estimate of drug-likeness (QED) is 0.518. The molecule has 0 heterocycles. The van der Waals surface area contributed by atoms with E-state index in [1.807, 2.05) is 26.8 Å². The highest BCUT2D eigenvalue weighted by Crippen LogP contribution is 2.14. The molecule has 0 amide bonds. The highest BCUT2D eigenvalue weighted by atomic mass is 32.2. The van der Waals surface area contributed by atoms with Crippen molar-refractivity contribution in [3.05, 3.63) is 0 Å². The SMILES string of the molecule is CC(C)(C)[S+]([O-])CC#N. The van der Waals surface area contributed by atoms with Crippen LogP contribution in [0.3, 0.4) is 0 Å². The Hall–Kier alpha value is -0.200. The van der Waals surface area contributed by atoms with Crippen LogP contribution in [0.1, 0.15) is 20.8 Å². The maximum atomic E-state index is 11.0. The molecule has 0 saturated carbocycles. The Morgan fingerprint density at radius 2 is 2.00 bits per heavy atom. The van der Waals surface area contributed by atoms with Crippen molar-refractivity contribution in [3.63, 3.8) is 0 Å². The van der Waals surface area contributed by atoms with Gasteiger partial charge < -0.3 is 4.55 Å². The molecule has 0 saturated heterocycles. The average Bonchev–Trinajstić information content (AvgIpc) is 1.64. The average molecular weight is 145 g/mol. The second-order valence-corrected chi connectivity index (χ2v) is 4.96. The Labute approximate surface area is 59.1 Å². The molecule has 0 aromatic heterocycles. The molecule has 0 aliphatic rings. The molecular formula is C6H11NOS. The number of hydrogen-bond acceptors (Lipinski definition) is 2. The molecule has 0 bridgehead atoms. The largest absolute Gasteiger partial charge is 0.615 e. The summed E-state index contributed by atoms with van der Waals surface area (Å²) >= 11 is -0.998. The predicted octanol–water partition coefficient (Wildman–Crippen LogP) is 1.06. The molecule has 0 rings (SSSR count). The van der Waals surface area contributed by atoms with Crippen LogP contribution in [-0.2, 0) is 11.2 Å². The van der Waals surface area contributed by atoms with Crippen molar-refractivity contribution in [2.75, 3.05) is 5.75 Å². The van der Waals surface area contributed by atoms with Gasteiger partial charge in [-0.15, -0.1) is 0 Å². The lowest BCUT2D eigenvalue weighted by atomic mass is 10.3. The van der Waals surface area contributed by atoms with E-state index in [0.717, 1.165) is 0 Å². The number of rotatable bonds is 1. The van der Waals surface area contributed by atoms with Gasteiger partial charge in [-0.25, -0.2) is 0 Å². The monoisotopic (exact) mass is 145 g/mol. The van der Waals surface area contributed by atoms with E-state index in [1.54, 1.807) is 0 Å². The first-order valence-electron chi connectivity index (χ1n) is 2.74. The van der Waals surface area contributed by atoms with Crippen LogP contribution in [0, 0.1) is 11.3 Å². The standard InChI is InChI=1S/C6H11NOS/c1-6(2,3)9(8)5-4-7/h5H2,1-3H3. The molecule has 52 valence electrons. The first-order valence-corrected chi connectivity index (χ1v) is 4.06. The molecule has 1 unspecified atom stereocenters. The summed E-state index contributed by atoms with van der Waals surface area (Å²) in [5.74, 6) is 0.142. The second kappa shape index (κ2) is 3.09. The molecule has 0 N–H and O–H groups in total. The van der Waals surface area contributed by atoms with Crippen LogP contribution in [0.25, 0.3) is 0 Å². The van der Waals surface area contributed by atoms with Crippen molar-refractivity contribution < 1.29 is 4.55 Å². The van der Waals surface area contributed by atoms with Crippen LogP contribution in [0.5, 0.6) is 0 Å². The molecule has 0 aliphatic carbocycles. The maximum Gasteiger partial charge on any atom is 0.191 e. The Kier molecular flexibility index (Phi) is 3.02. The summed E-state index contributed by atoms with van der Waals surface area (Å²) < 4.78 is 10.7. The normalized spacial score (nSPS) is 14.6. The molecule has 2 nitrogen and oxygen atoms in total. The van der Waals surface area contributed by atoms with Crippen LogP contribution >= 0.6 is 0 Å². The van der Waals surface area contributed by atoms with E-state index in [2.05, 4.69) is 0 Å². The molecule has 9 heavy (non-hydrogen) atoms. The fourth-order valence-corrected chi connectivity index (χ4v) is 0.825. The van der Waals surface area contributed by atoms with E-state index in [1.165, 1.54) is 0 Å². The summed E-state index contributed by atoms with van der Waals surface area (Å²) in [5.41, 5.74) is 0. The van der Waals surface area contributed by atoms with E-state index in [-0.39, 0.29) is 10.5 Å². The zero-order valence-electron chi connectivity index (χ0n) is 5.97. The molecule has 0 aromatic carbocycles. The number of nitrogens with zero attached hydrogens (tertiary/aromatic N) is 1. The smallest absolute Gasteiger partial charge is 0.191 e. The van der Waals surface area contributed by atoms with E-state index in [9.17, 15) is 4.55 Å². The Morgan fingerprint density at radius 3 is 2.11 bits per heavy atom. The van der Waals surface area contributed by atoms with Gasteiger partial charge in [-0.3, -0.25) is 0 Å². The zero-order chi connectivity index (χ0) is 7.49. The molecule has 0 aromatic rings. The molecule has 0 fully saturated rings. The van der Waals surface area contributed by atoms with Gasteiger partial charge in [-0.2, -0.15) is 5.26 Å². The van der Waals surface area contributed by atoms with Gasteiger partial charge in [0.25, 0.3) is 0 Å². The van der Waals surface area contributed by atoms with Gasteiger partial charge in [0.1, 0.15) is 10.8 Å². The summed E-state index contributed by atoms with van der Waals surface area (Å²) in [6.07, 6.45) is 0. The minimum Gasteiger partial charge on any atom is -0.615 e. The third-order valence-electron chi connectivity index (χ3n) is 0.879. The molecule has 0 aliphatic heterocycles. The molecule has 0 spiro atoms. The molecule has 1 atom stereocenters. The highest BCUT2D eigenvalue weighted by Gasteiger charge is 2.24. The number of nitriles is 1. The Bertz CT molecular complexity index is 122. The fourth-order valence-electron chi connectivity index (χ4n) is 0.275. The first-order chi connectivity index (χ1) is 3.98. The van der Waals surface area contributed by atoms with Crippen molar-refractivity contribution in [2.24, 2.45) is 0 Å². The summed E-state index contributed by atoms with van der Waals surface area (Å²) in [7, 11) is 0. The van der Waals surface area contributed by atoms with Gasteiger partial charge in [0.2, 0.25) is 0 Å². The maximum absolute atomic E-state index is 11.0. The third-order valence-corrected chi connectivity index (χ3v) is 2.64. The lowest BCUT2D eigenvalue weighted by Crippen LogP contribution is -2.29. The van der Waals surface area contributed by atoms with Gasteiger partial charge in [-0.05, 0) is 31.9 Å². The van der Waals surface area contributed by atoms with Crippen molar-refractivity contribution in [3.8, 4) is 6.07 Å². The van der Waals surface area contributed by atoms with Gasteiger partial charge in [0, 0.05) is 0 Å². The third kappa shape index (κ3) is 3.39. The minimum atomic E-state index is -0.998. The van der Waals surface area contributed by atoms with Crippen molar-refractivity contribution >= 4 is 11.2 Å². The van der Waals surface area contributed by atoms with Crippen molar-refractivity contribution in [1.82, 2.24) is 0 Å². The zero-order valence-corrected chi connectivity index (χ0v) is 6.79. The van der Waals surface area contributed by atoms with Gasteiger partial charge in [-0.1, -0.05) is 0 Å². The van der Waals surface area contributed by atoms with Gasteiger partial charge in [0.15, 0.2) is 5.75 Å². The van der Waals surface area contributed by atoms with Crippen LogP contribution < -0.4 is 0 Å². The van der Waals surface area contributed by atoms with Crippen molar-refractivity contribution in [2.45, 2.75) is 25.5 Å². The van der Waals surface area contributed by atoms with Crippen molar-refractivity contribution in [1.29, 1.82) is 5.26 Å². The van der Waals surface area contributed by atoms with E-state index in [4.69, 9.17) is 5.26 Å². The molecular weight excluding hydrogens is 134 g/mol. The minimum absolute atomic E-state index is 0.142. The predicted molar refractivity (Wildman–Crippen MR) is 38.4 cm³/mol. The summed E-state index contributed by atoms with van der Waals surface area (Å²) in [6.45, 7) is 5.58. The highest BCUT2D eigenvalue weighted by molar-refractivity contribution is 7.92.